The van der Waals surface area contributed by atoms with Gasteiger partial charge < -0.3 is 11.1 Å². The highest BCUT2D eigenvalue weighted by Gasteiger charge is 2.36. The number of nitrogens with zero attached hydrogens (tertiary/aromatic N) is 1. The molecule has 3 N–H and O–H groups in total. The van der Waals surface area contributed by atoms with Gasteiger partial charge in [-0.15, -0.1) is 0 Å². The molecule has 0 aliphatic heterocycles. The lowest BCUT2D eigenvalue weighted by Gasteiger charge is -2.16. The van der Waals surface area contributed by atoms with Crippen molar-refractivity contribution in [2.45, 2.75) is 37.1 Å². The van der Waals surface area contributed by atoms with Crippen molar-refractivity contribution in [3.05, 3.63) is 18.2 Å². The molecule has 0 amide bonds. The molecule has 0 aromatic heterocycles. The van der Waals surface area contributed by atoms with Crippen LogP contribution in [0.4, 0.5) is 11.4 Å². The molecule has 6 heteroatoms. The molecule has 2 atom stereocenters. The molecule has 1 fully saturated rings. The normalized spacial score (nSPS) is 22.0. The number of hydrogen-bond donors (Lipinski definition) is 2. The molecule has 1 saturated carbocycles. The van der Waals surface area contributed by atoms with Crippen LogP contribution in [0.2, 0.25) is 0 Å². The van der Waals surface area contributed by atoms with Gasteiger partial charge in [0, 0.05) is 20.1 Å². The lowest BCUT2D eigenvalue weighted by molar-refractivity contribution is 0.521. The predicted octanol–water partition coefficient (Wildman–Crippen LogP) is 2.12. The fourth-order valence-electron chi connectivity index (χ4n) is 2.41. The molecule has 2 rings (SSSR count). The van der Waals surface area contributed by atoms with Gasteiger partial charge in [-0.1, -0.05) is 19.4 Å². The summed E-state index contributed by atoms with van der Waals surface area (Å²) in [6.07, 6.45) is 3.51. The lowest BCUT2D eigenvalue weighted by atomic mass is 10.2. The highest BCUT2D eigenvalue weighted by Crippen LogP contribution is 2.39. The maximum atomic E-state index is 12.2. The minimum Gasteiger partial charge on any atom is -0.396 e. The first-order valence-corrected chi connectivity index (χ1v) is 8.39. The number of benzene rings is 1. The van der Waals surface area contributed by atoms with Gasteiger partial charge in [0.25, 0.3) is 0 Å². The van der Waals surface area contributed by atoms with Gasteiger partial charge in [-0.25, -0.2) is 12.7 Å². The Morgan fingerprint density at radius 2 is 2.10 bits per heavy atom. The number of nitrogen functional groups attached to an aromatic ring is 1. The van der Waals surface area contributed by atoms with E-state index >= 15 is 0 Å². The molecule has 2 unspecified atom stereocenters. The minimum atomic E-state index is -3.50. The molecule has 0 radical (unpaired) electrons. The van der Waals surface area contributed by atoms with Gasteiger partial charge in [-0.2, -0.15) is 0 Å². The molecular formula is C14H23N3O2S. The zero-order chi connectivity index (χ0) is 14.9. The van der Waals surface area contributed by atoms with E-state index in [9.17, 15) is 8.42 Å². The van der Waals surface area contributed by atoms with E-state index in [0.717, 1.165) is 12.1 Å². The lowest BCUT2D eigenvalue weighted by Crippen LogP contribution is -2.23. The molecule has 1 aromatic rings. The average molecular weight is 297 g/mol. The number of sulfonamides is 1. The highest BCUT2D eigenvalue weighted by atomic mass is 32.2. The minimum absolute atomic E-state index is 0.167. The molecule has 0 spiro atoms. The first kappa shape index (κ1) is 15.1. The van der Waals surface area contributed by atoms with Gasteiger partial charge in [0.15, 0.2) is 0 Å². The fraction of sp³-hybridized carbons (Fsp3) is 0.571. The third kappa shape index (κ3) is 2.91. The van der Waals surface area contributed by atoms with E-state index in [1.165, 1.54) is 31.2 Å². The summed E-state index contributed by atoms with van der Waals surface area (Å²) in [4.78, 5) is 0.167. The Balaban J connectivity index is 2.21. The van der Waals surface area contributed by atoms with Crippen LogP contribution in [0.15, 0.2) is 23.1 Å². The molecule has 20 heavy (non-hydrogen) atoms. The first-order valence-electron chi connectivity index (χ1n) is 6.95. The maximum absolute atomic E-state index is 12.2. The molecule has 0 saturated heterocycles. The topological polar surface area (TPSA) is 75.4 Å². The molecule has 1 aromatic carbocycles. The Bertz CT molecular complexity index is 584. The number of rotatable bonds is 6. The standard InChI is InChI=1S/C14H23N3O2S/c1-4-6-10-9-12(10)16-11-7-5-8-13(14(11)15)20(18,19)17(2)3/h5,7-8,10,12,16H,4,6,9,15H2,1-3H3. The number of para-hydroxylation sites is 1. The fourth-order valence-corrected chi connectivity index (χ4v) is 3.44. The van der Waals surface area contributed by atoms with Gasteiger partial charge in [0.1, 0.15) is 4.90 Å². The third-order valence-corrected chi connectivity index (χ3v) is 5.62. The zero-order valence-corrected chi connectivity index (χ0v) is 13.1. The largest absolute Gasteiger partial charge is 0.396 e. The summed E-state index contributed by atoms with van der Waals surface area (Å²) in [7, 11) is -0.487. The Kier molecular flexibility index (Phi) is 4.25. The number of anilines is 2. The van der Waals surface area contributed by atoms with E-state index in [2.05, 4.69) is 12.2 Å². The van der Waals surface area contributed by atoms with Crippen LogP contribution < -0.4 is 11.1 Å². The molecule has 112 valence electrons. The van der Waals surface area contributed by atoms with Gasteiger partial charge >= 0.3 is 0 Å². The molecule has 1 aliphatic rings. The average Bonchev–Trinajstić information content (AvgIpc) is 3.10. The van der Waals surface area contributed by atoms with Crippen LogP contribution in [0.1, 0.15) is 26.2 Å². The summed E-state index contributed by atoms with van der Waals surface area (Å²) in [6, 6.07) is 5.54. The second kappa shape index (κ2) is 5.61. The third-order valence-electron chi connectivity index (χ3n) is 3.75. The van der Waals surface area contributed by atoms with Crippen LogP contribution in [-0.2, 0) is 10.0 Å². The Hall–Kier alpha value is -1.27. The maximum Gasteiger partial charge on any atom is 0.244 e. The van der Waals surface area contributed by atoms with Gasteiger partial charge in [0.2, 0.25) is 10.0 Å². The van der Waals surface area contributed by atoms with Crippen LogP contribution in [0.3, 0.4) is 0 Å². The molecule has 0 bridgehead atoms. The van der Waals surface area contributed by atoms with E-state index in [0.29, 0.717) is 17.6 Å². The van der Waals surface area contributed by atoms with Gasteiger partial charge in [-0.3, -0.25) is 0 Å². The molecule has 0 heterocycles. The highest BCUT2D eigenvalue weighted by molar-refractivity contribution is 7.89. The van der Waals surface area contributed by atoms with Crippen molar-refractivity contribution >= 4 is 21.4 Å². The zero-order valence-electron chi connectivity index (χ0n) is 12.3. The Labute approximate surface area is 121 Å². The smallest absolute Gasteiger partial charge is 0.244 e. The van der Waals surface area contributed by atoms with Crippen molar-refractivity contribution in [1.82, 2.24) is 4.31 Å². The molecular weight excluding hydrogens is 274 g/mol. The molecule has 5 nitrogen and oxygen atoms in total. The van der Waals surface area contributed by atoms with E-state index < -0.39 is 10.0 Å². The number of nitrogens with one attached hydrogen (secondary N) is 1. The SMILES string of the molecule is CCCC1CC1Nc1cccc(S(=O)(=O)N(C)C)c1N. The summed E-state index contributed by atoms with van der Waals surface area (Å²) < 4.78 is 25.6. The number of nitrogens with two attached hydrogens (primary N) is 1. The quantitative estimate of drug-likeness (QED) is 0.789. The van der Waals surface area contributed by atoms with Crippen LogP contribution in [0, 0.1) is 5.92 Å². The predicted molar refractivity (Wildman–Crippen MR) is 82.2 cm³/mol. The van der Waals surface area contributed by atoms with Crippen LogP contribution in [0.25, 0.3) is 0 Å². The van der Waals surface area contributed by atoms with E-state index in [1.54, 1.807) is 12.1 Å². The van der Waals surface area contributed by atoms with Crippen molar-refractivity contribution in [2.24, 2.45) is 5.92 Å². The summed E-state index contributed by atoms with van der Waals surface area (Å²) in [6.45, 7) is 2.17. The van der Waals surface area contributed by atoms with Crippen molar-refractivity contribution in [3.8, 4) is 0 Å². The first-order chi connectivity index (χ1) is 9.37. The van der Waals surface area contributed by atoms with E-state index in [1.807, 2.05) is 6.07 Å². The van der Waals surface area contributed by atoms with E-state index in [4.69, 9.17) is 5.73 Å². The summed E-state index contributed by atoms with van der Waals surface area (Å²) in [5.74, 6) is 0.688. The number of hydrogen-bond acceptors (Lipinski definition) is 4. The van der Waals surface area contributed by atoms with Crippen LogP contribution in [0.5, 0.6) is 0 Å². The summed E-state index contributed by atoms with van der Waals surface area (Å²) in [5.41, 5.74) is 7.06. The van der Waals surface area contributed by atoms with Crippen LogP contribution in [-0.4, -0.2) is 32.9 Å². The Morgan fingerprint density at radius 1 is 1.40 bits per heavy atom. The summed E-state index contributed by atoms with van der Waals surface area (Å²) in [5, 5.41) is 3.36. The summed E-state index contributed by atoms with van der Waals surface area (Å²) >= 11 is 0. The van der Waals surface area contributed by atoms with Crippen molar-refractivity contribution < 1.29 is 8.42 Å². The van der Waals surface area contributed by atoms with Crippen molar-refractivity contribution in [1.29, 1.82) is 0 Å². The van der Waals surface area contributed by atoms with E-state index in [-0.39, 0.29) is 4.90 Å². The van der Waals surface area contributed by atoms with Gasteiger partial charge in [0.05, 0.1) is 11.4 Å². The molecule has 1 aliphatic carbocycles. The van der Waals surface area contributed by atoms with Crippen molar-refractivity contribution in [3.63, 3.8) is 0 Å². The monoisotopic (exact) mass is 297 g/mol. The van der Waals surface area contributed by atoms with Crippen LogP contribution >= 0.6 is 0 Å². The second-order valence-corrected chi connectivity index (χ2v) is 7.66. The second-order valence-electron chi connectivity index (χ2n) is 5.54. The van der Waals surface area contributed by atoms with Crippen molar-refractivity contribution in [2.75, 3.05) is 25.1 Å². The van der Waals surface area contributed by atoms with Gasteiger partial charge in [-0.05, 0) is 30.9 Å². The Morgan fingerprint density at radius 3 is 2.70 bits per heavy atom.